The Morgan fingerprint density at radius 2 is 1.74 bits per heavy atom. The third kappa shape index (κ3) is 6.60. The van der Waals surface area contributed by atoms with Gasteiger partial charge < -0.3 is 14.2 Å². The van der Waals surface area contributed by atoms with E-state index in [9.17, 15) is 4.79 Å². The van der Waals surface area contributed by atoms with Gasteiger partial charge in [-0.1, -0.05) is 37.3 Å². The minimum atomic E-state index is -0.298. The first-order chi connectivity index (χ1) is 15.2. The molecule has 0 aromatic heterocycles. The lowest BCUT2D eigenvalue weighted by Gasteiger charge is -2.11. The number of rotatable bonds is 10. The van der Waals surface area contributed by atoms with Gasteiger partial charge in [0.25, 0.3) is 5.91 Å². The fourth-order valence-corrected chi connectivity index (χ4v) is 2.77. The number of methoxy groups -OCH3 is 1. The van der Waals surface area contributed by atoms with Crippen LogP contribution in [0.4, 0.5) is 0 Å². The van der Waals surface area contributed by atoms with Crippen LogP contribution >= 0.6 is 0 Å². The number of hydrogen-bond acceptors (Lipinski definition) is 5. The van der Waals surface area contributed by atoms with Gasteiger partial charge in [0, 0.05) is 5.56 Å². The molecule has 3 aromatic carbocycles. The summed E-state index contributed by atoms with van der Waals surface area (Å²) < 4.78 is 16.8. The van der Waals surface area contributed by atoms with Crippen molar-refractivity contribution in [3.8, 4) is 17.2 Å². The maximum absolute atomic E-state index is 12.2. The van der Waals surface area contributed by atoms with Gasteiger partial charge in [-0.05, 0) is 60.0 Å². The molecule has 0 saturated carbocycles. The van der Waals surface area contributed by atoms with E-state index in [-0.39, 0.29) is 5.91 Å². The van der Waals surface area contributed by atoms with E-state index < -0.39 is 0 Å². The van der Waals surface area contributed by atoms with Crippen LogP contribution in [0.15, 0.2) is 77.9 Å². The number of amides is 1. The number of hydrogen-bond donors (Lipinski definition) is 1. The van der Waals surface area contributed by atoms with E-state index in [0.717, 1.165) is 23.3 Å². The van der Waals surface area contributed by atoms with Crippen LogP contribution in [0.5, 0.6) is 17.2 Å². The molecule has 1 amide bonds. The highest BCUT2D eigenvalue weighted by Crippen LogP contribution is 2.28. The summed E-state index contributed by atoms with van der Waals surface area (Å²) in [7, 11) is 1.58. The van der Waals surface area contributed by atoms with Crippen LogP contribution in [0, 0.1) is 0 Å². The molecule has 0 saturated heterocycles. The standard InChI is InChI=1S/C25H26N2O4/c1-3-15-30-22-12-10-21(11-13-22)25(28)27-26-17-20-9-14-23(24(16-20)29-2)31-18-19-7-5-4-6-8-19/h4-14,16-17H,3,15,18H2,1-2H3,(H,27,28)/b26-17+. The van der Waals surface area contributed by atoms with Crippen molar-refractivity contribution in [3.63, 3.8) is 0 Å². The zero-order valence-electron chi connectivity index (χ0n) is 17.7. The van der Waals surface area contributed by atoms with E-state index in [1.54, 1.807) is 43.7 Å². The predicted molar refractivity (Wildman–Crippen MR) is 121 cm³/mol. The summed E-state index contributed by atoms with van der Waals surface area (Å²) in [6, 6.07) is 22.3. The molecule has 0 spiro atoms. The molecule has 0 heterocycles. The smallest absolute Gasteiger partial charge is 0.271 e. The highest BCUT2D eigenvalue weighted by Gasteiger charge is 2.07. The summed E-state index contributed by atoms with van der Waals surface area (Å²) >= 11 is 0. The third-order valence-corrected chi connectivity index (χ3v) is 4.39. The highest BCUT2D eigenvalue weighted by molar-refractivity contribution is 5.95. The van der Waals surface area contributed by atoms with Crippen molar-refractivity contribution >= 4 is 12.1 Å². The van der Waals surface area contributed by atoms with Gasteiger partial charge in [-0.25, -0.2) is 5.43 Å². The minimum absolute atomic E-state index is 0.298. The SMILES string of the molecule is CCCOc1ccc(C(=O)N/N=C/c2ccc(OCc3ccccc3)c(OC)c2)cc1. The van der Waals surface area contributed by atoms with Crippen molar-refractivity contribution in [2.75, 3.05) is 13.7 Å². The second kappa shape index (κ2) is 11.4. The Balaban J connectivity index is 1.57. The second-order valence-electron chi connectivity index (χ2n) is 6.76. The minimum Gasteiger partial charge on any atom is -0.494 e. The van der Waals surface area contributed by atoms with Gasteiger partial charge in [0.2, 0.25) is 0 Å². The molecular formula is C25H26N2O4. The number of ether oxygens (including phenoxy) is 3. The number of nitrogens with zero attached hydrogens (tertiary/aromatic N) is 1. The molecule has 0 aliphatic heterocycles. The fourth-order valence-electron chi connectivity index (χ4n) is 2.77. The molecule has 0 unspecified atom stereocenters. The normalized spacial score (nSPS) is 10.6. The first-order valence-electron chi connectivity index (χ1n) is 10.1. The molecule has 160 valence electrons. The first kappa shape index (κ1) is 21.9. The van der Waals surface area contributed by atoms with Crippen LogP contribution in [-0.4, -0.2) is 25.8 Å². The van der Waals surface area contributed by atoms with E-state index in [4.69, 9.17) is 14.2 Å². The van der Waals surface area contributed by atoms with Crippen LogP contribution in [0.3, 0.4) is 0 Å². The number of carbonyl (C=O) groups excluding carboxylic acids is 1. The summed E-state index contributed by atoms with van der Waals surface area (Å²) in [5.74, 6) is 1.67. The Morgan fingerprint density at radius 3 is 2.45 bits per heavy atom. The Hall–Kier alpha value is -3.80. The maximum Gasteiger partial charge on any atom is 0.271 e. The molecule has 1 N–H and O–H groups in total. The van der Waals surface area contributed by atoms with E-state index in [2.05, 4.69) is 10.5 Å². The van der Waals surface area contributed by atoms with Gasteiger partial charge in [-0.2, -0.15) is 5.10 Å². The van der Waals surface area contributed by atoms with Crippen molar-refractivity contribution in [1.82, 2.24) is 5.43 Å². The molecule has 31 heavy (non-hydrogen) atoms. The fraction of sp³-hybridized carbons (Fsp3) is 0.200. The van der Waals surface area contributed by atoms with E-state index in [0.29, 0.717) is 30.3 Å². The summed E-state index contributed by atoms with van der Waals surface area (Å²) in [4.78, 5) is 12.2. The van der Waals surface area contributed by atoms with Gasteiger partial charge in [0.1, 0.15) is 12.4 Å². The van der Waals surface area contributed by atoms with Crippen LogP contribution in [0.1, 0.15) is 34.8 Å². The van der Waals surface area contributed by atoms with Crippen molar-refractivity contribution in [1.29, 1.82) is 0 Å². The lowest BCUT2D eigenvalue weighted by atomic mass is 10.2. The number of nitrogens with one attached hydrogen (secondary N) is 1. The van der Waals surface area contributed by atoms with Crippen molar-refractivity contribution in [2.24, 2.45) is 5.10 Å². The molecule has 3 aromatic rings. The van der Waals surface area contributed by atoms with Crippen molar-refractivity contribution in [2.45, 2.75) is 20.0 Å². The quantitative estimate of drug-likeness (QED) is 0.378. The molecule has 0 bridgehead atoms. The topological polar surface area (TPSA) is 69.2 Å². The molecule has 3 rings (SSSR count). The van der Waals surface area contributed by atoms with E-state index in [1.165, 1.54) is 0 Å². The number of hydrazone groups is 1. The molecule has 0 atom stereocenters. The summed E-state index contributed by atoms with van der Waals surface area (Å²) in [6.07, 6.45) is 2.49. The zero-order chi connectivity index (χ0) is 21.9. The monoisotopic (exact) mass is 418 g/mol. The molecular weight excluding hydrogens is 392 g/mol. The molecule has 0 aliphatic carbocycles. The zero-order valence-corrected chi connectivity index (χ0v) is 17.7. The Labute approximate surface area is 182 Å². The van der Waals surface area contributed by atoms with Crippen molar-refractivity contribution < 1.29 is 19.0 Å². The van der Waals surface area contributed by atoms with Crippen LogP contribution in [-0.2, 0) is 6.61 Å². The van der Waals surface area contributed by atoms with Gasteiger partial charge in [0.05, 0.1) is 19.9 Å². The molecule has 0 fully saturated rings. The summed E-state index contributed by atoms with van der Waals surface area (Å²) in [5.41, 5.74) is 4.87. The van der Waals surface area contributed by atoms with E-state index in [1.807, 2.05) is 49.4 Å². The average molecular weight is 418 g/mol. The predicted octanol–water partition coefficient (Wildman–Crippen LogP) is 4.83. The van der Waals surface area contributed by atoms with Crippen LogP contribution in [0.2, 0.25) is 0 Å². The van der Waals surface area contributed by atoms with Gasteiger partial charge in [0.15, 0.2) is 11.5 Å². The summed E-state index contributed by atoms with van der Waals surface area (Å²) in [5, 5.41) is 4.04. The van der Waals surface area contributed by atoms with E-state index >= 15 is 0 Å². The molecule has 0 radical (unpaired) electrons. The number of carbonyl (C=O) groups is 1. The largest absolute Gasteiger partial charge is 0.494 e. The lowest BCUT2D eigenvalue weighted by molar-refractivity contribution is 0.0955. The lowest BCUT2D eigenvalue weighted by Crippen LogP contribution is -2.17. The van der Waals surface area contributed by atoms with Crippen LogP contribution < -0.4 is 19.6 Å². The first-order valence-corrected chi connectivity index (χ1v) is 10.1. The number of benzene rings is 3. The average Bonchev–Trinajstić information content (AvgIpc) is 2.82. The third-order valence-electron chi connectivity index (χ3n) is 4.39. The Kier molecular flexibility index (Phi) is 8.05. The maximum atomic E-state index is 12.2. The second-order valence-corrected chi connectivity index (χ2v) is 6.76. The summed E-state index contributed by atoms with van der Waals surface area (Å²) in [6.45, 7) is 3.14. The molecule has 0 aliphatic rings. The van der Waals surface area contributed by atoms with Gasteiger partial charge in [-0.15, -0.1) is 0 Å². The van der Waals surface area contributed by atoms with Crippen molar-refractivity contribution in [3.05, 3.63) is 89.5 Å². The molecule has 6 nitrogen and oxygen atoms in total. The van der Waals surface area contributed by atoms with Gasteiger partial charge >= 0.3 is 0 Å². The van der Waals surface area contributed by atoms with Crippen LogP contribution in [0.25, 0.3) is 0 Å². The molecule has 6 heteroatoms. The highest BCUT2D eigenvalue weighted by atomic mass is 16.5. The Morgan fingerprint density at radius 1 is 0.968 bits per heavy atom. The Bertz CT molecular complexity index is 1000. The van der Waals surface area contributed by atoms with Gasteiger partial charge in [-0.3, -0.25) is 4.79 Å².